The van der Waals surface area contributed by atoms with E-state index in [0.717, 1.165) is 30.9 Å². The molecule has 0 spiro atoms. The fourth-order valence-electron chi connectivity index (χ4n) is 1.91. The molecule has 0 aromatic carbocycles. The van der Waals surface area contributed by atoms with Gasteiger partial charge in [-0.15, -0.1) is 5.10 Å². The SMILES string of the molecule is CCCNC(Cc1ncnn1C)c1ccc(OC)nn1. The average molecular weight is 276 g/mol. The molecule has 1 unspecified atom stereocenters. The second-order valence-corrected chi connectivity index (χ2v) is 4.51. The molecule has 0 aliphatic carbocycles. The third kappa shape index (κ3) is 3.51. The lowest BCUT2D eigenvalue weighted by molar-refractivity contribution is 0.388. The van der Waals surface area contributed by atoms with Gasteiger partial charge in [-0.2, -0.15) is 10.2 Å². The summed E-state index contributed by atoms with van der Waals surface area (Å²) in [6.07, 6.45) is 3.34. The number of nitrogens with one attached hydrogen (secondary N) is 1. The Hall–Kier alpha value is -2.02. The van der Waals surface area contributed by atoms with Crippen molar-refractivity contribution in [3.63, 3.8) is 0 Å². The van der Waals surface area contributed by atoms with Gasteiger partial charge in [-0.1, -0.05) is 6.92 Å². The van der Waals surface area contributed by atoms with Gasteiger partial charge in [0.25, 0.3) is 0 Å². The minimum absolute atomic E-state index is 0.0660. The first kappa shape index (κ1) is 14.4. The van der Waals surface area contributed by atoms with Crippen LogP contribution in [0.15, 0.2) is 18.5 Å². The molecular formula is C13H20N6O. The van der Waals surface area contributed by atoms with Gasteiger partial charge in [-0.3, -0.25) is 4.68 Å². The normalized spacial score (nSPS) is 12.3. The Labute approximate surface area is 118 Å². The Bertz CT molecular complexity index is 524. The highest BCUT2D eigenvalue weighted by molar-refractivity contribution is 5.15. The van der Waals surface area contributed by atoms with Crippen molar-refractivity contribution >= 4 is 0 Å². The standard InChI is InChI=1S/C13H20N6O/c1-4-7-14-11(8-12-15-9-16-19(12)2)10-5-6-13(20-3)18-17-10/h5-6,9,11,14H,4,7-8H2,1-3H3. The zero-order chi connectivity index (χ0) is 14.4. The quantitative estimate of drug-likeness (QED) is 0.809. The number of aromatic nitrogens is 5. The lowest BCUT2D eigenvalue weighted by atomic mass is 10.1. The molecule has 1 N–H and O–H groups in total. The molecule has 1 atom stereocenters. The zero-order valence-corrected chi connectivity index (χ0v) is 12.1. The zero-order valence-electron chi connectivity index (χ0n) is 12.1. The number of aryl methyl sites for hydroxylation is 1. The molecule has 0 aliphatic heterocycles. The van der Waals surface area contributed by atoms with Gasteiger partial charge in [0.1, 0.15) is 12.2 Å². The van der Waals surface area contributed by atoms with Gasteiger partial charge in [-0.05, 0) is 19.0 Å². The molecule has 0 fully saturated rings. The maximum Gasteiger partial charge on any atom is 0.233 e. The van der Waals surface area contributed by atoms with E-state index in [2.05, 4.69) is 32.5 Å². The van der Waals surface area contributed by atoms with Gasteiger partial charge in [-0.25, -0.2) is 4.98 Å². The van der Waals surface area contributed by atoms with Crippen LogP contribution < -0.4 is 10.1 Å². The number of hydrogen-bond acceptors (Lipinski definition) is 6. The Kier molecular flexibility index (Phi) is 5.00. The molecular weight excluding hydrogens is 256 g/mol. The number of methoxy groups -OCH3 is 1. The number of rotatable bonds is 7. The number of hydrogen-bond donors (Lipinski definition) is 1. The van der Waals surface area contributed by atoms with Crippen molar-refractivity contribution in [1.29, 1.82) is 0 Å². The Morgan fingerprint density at radius 3 is 2.75 bits per heavy atom. The van der Waals surface area contributed by atoms with Gasteiger partial charge >= 0.3 is 0 Å². The van der Waals surface area contributed by atoms with Gasteiger partial charge in [0.2, 0.25) is 5.88 Å². The fraction of sp³-hybridized carbons (Fsp3) is 0.538. The molecule has 7 nitrogen and oxygen atoms in total. The van der Waals surface area contributed by atoms with Crippen molar-refractivity contribution < 1.29 is 4.74 Å². The van der Waals surface area contributed by atoms with Crippen LogP contribution in [-0.4, -0.2) is 38.6 Å². The summed E-state index contributed by atoms with van der Waals surface area (Å²) in [5.41, 5.74) is 0.877. The van der Waals surface area contributed by atoms with Crippen LogP contribution >= 0.6 is 0 Å². The highest BCUT2D eigenvalue weighted by atomic mass is 16.5. The van der Waals surface area contributed by atoms with Crippen LogP contribution in [0.5, 0.6) is 5.88 Å². The van der Waals surface area contributed by atoms with Crippen LogP contribution in [-0.2, 0) is 13.5 Å². The van der Waals surface area contributed by atoms with E-state index >= 15 is 0 Å². The van der Waals surface area contributed by atoms with Crippen LogP contribution in [0.3, 0.4) is 0 Å². The summed E-state index contributed by atoms with van der Waals surface area (Å²) in [5, 5.41) is 15.8. The Morgan fingerprint density at radius 2 is 2.20 bits per heavy atom. The lowest BCUT2D eigenvalue weighted by Crippen LogP contribution is -2.26. The third-order valence-electron chi connectivity index (χ3n) is 3.06. The van der Waals surface area contributed by atoms with E-state index in [1.54, 1.807) is 18.1 Å². The van der Waals surface area contributed by atoms with Crippen LogP contribution in [0.25, 0.3) is 0 Å². The van der Waals surface area contributed by atoms with E-state index in [0.29, 0.717) is 5.88 Å². The molecule has 7 heteroatoms. The van der Waals surface area contributed by atoms with Gasteiger partial charge in [0.15, 0.2) is 0 Å². The van der Waals surface area contributed by atoms with Gasteiger partial charge in [0.05, 0.1) is 18.8 Å². The van der Waals surface area contributed by atoms with E-state index in [9.17, 15) is 0 Å². The predicted molar refractivity (Wildman–Crippen MR) is 74.3 cm³/mol. The van der Waals surface area contributed by atoms with Crippen molar-refractivity contribution in [3.05, 3.63) is 30.0 Å². The third-order valence-corrected chi connectivity index (χ3v) is 3.06. The van der Waals surface area contributed by atoms with Crippen LogP contribution in [0.1, 0.15) is 30.9 Å². The summed E-state index contributed by atoms with van der Waals surface area (Å²) in [7, 11) is 3.47. The Balaban J connectivity index is 2.15. The summed E-state index contributed by atoms with van der Waals surface area (Å²) in [4.78, 5) is 4.26. The first-order chi connectivity index (χ1) is 9.74. The van der Waals surface area contributed by atoms with E-state index in [-0.39, 0.29) is 6.04 Å². The molecule has 0 saturated carbocycles. The summed E-state index contributed by atoms with van der Waals surface area (Å²) >= 11 is 0. The number of nitrogens with zero attached hydrogens (tertiary/aromatic N) is 5. The van der Waals surface area contributed by atoms with E-state index < -0.39 is 0 Å². The maximum absolute atomic E-state index is 5.03. The van der Waals surface area contributed by atoms with E-state index in [1.807, 2.05) is 19.2 Å². The smallest absolute Gasteiger partial charge is 0.233 e. The van der Waals surface area contributed by atoms with Crippen molar-refractivity contribution in [1.82, 2.24) is 30.3 Å². The molecule has 0 saturated heterocycles. The van der Waals surface area contributed by atoms with Crippen molar-refractivity contribution in [2.75, 3.05) is 13.7 Å². The highest BCUT2D eigenvalue weighted by Gasteiger charge is 2.16. The monoisotopic (exact) mass is 276 g/mol. The lowest BCUT2D eigenvalue weighted by Gasteiger charge is -2.17. The maximum atomic E-state index is 5.03. The summed E-state index contributed by atoms with van der Waals surface area (Å²) in [6, 6.07) is 3.81. The van der Waals surface area contributed by atoms with Crippen LogP contribution in [0.4, 0.5) is 0 Å². The largest absolute Gasteiger partial charge is 0.480 e. The molecule has 2 heterocycles. The molecule has 0 bridgehead atoms. The van der Waals surface area contributed by atoms with Crippen LogP contribution in [0.2, 0.25) is 0 Å². The second kappa shape index (κ2) is 6.95. The summed E-state index contributed by atoms with van der Waals surface area (Å²) in [5.74, 6) is 1.43. The molecule has 2 aromatic heterocycles. The minimum atomic E-state index is 0.0660. The minimum Gasteiger partial charge on any atom is -0.480 e. The van der Waals surface area contributed by atoms with Crippen LogP contribution in [0, 0.1) is 0 Å². The predicted octanol–water partition coefficient (Wildman–Crippen LogP) is 0.897. The van der Waals surface area contributed by atoms with Crippen molar-refractivity contribution in [2.24, 2.45) is 7.05 Å². The first-order valence-electron chi connectivity index (χ1n) is 6.68. The number of ether oxygens (including phenoxy) is 1. The molecule has 0 amide bonds. The fourth-order valence-corrected chi connectivity index (χ4v) is 1.91. The molecule has 2 aromatic rings. The second-order valence-electron chi connectivity index (χ2n) is 4.51. The molecule has 20 heavy (non-hydrogen) atoms. The summed E-state index contributed by atoms with van der Waals surface area (Å²) in [6.45, 7) is 3.04. The van der Waals surface area contributed by atoms with Gasteiger partial charge in [0, 0.05) is 19.5 Å². The topological polar surface area (TPSA) is 77.8 Å². The Morgan fingerprint density at radius 1 is 1.35 bits per heavy atom. The molecule has 0 radical (unpaired) electrons. The van der Waals surface area contributed by atoms with E-state index in [1.165, 1.54) is 0 Å². The highest BCUT2D eigenvalue weighted by Crippen LogP contribution is 2.16. The van der Waals surface area contributed by atoms with Crippen molar-refractivity contribution in [2.45, 2.75) is 25.8 Å². The average Bonchev–Trinajstić information content (AvgIpc) is 2.89. The van der Waals surface area contributed by atoms with Crippen molar-refractivity contribution in [3.8, 4) is 5.88 Å². The van der Waals surface area contributed by atoms with Gasteiger partial charge < -0.3 is 10.1 Å². The summed E-state index contributed by atoms with van der Waals surface area (Å²) < 4.78 is 6.81. The molecule has 2 rings (SSSR count). The molecule has 108 valence electrons. The molecule has 0 aliphatic rings. The first-order valence-corrected chi connectivity index (χ1v) is 6.68. The van der Waals surface area contributed by atoms with E-state index in [4.69, 9.17) is 4.74 Å².